The van der Waals surface area contributed by atoms with Gasteiger partial charge in [-0.25, -0.2) is 0 Å². The predicted molar refractivity (Wildman–Crippen MR) is 85.9 cm³/mol. The van der Waals surface area contributed by atoms with Gasteiger partial charge in [0.05, 0.1) is 0 Å². The summed E-state index contributed by atoms with van der Waals surface area (Å²) in [5, 5.41) is 12.3. The highest BCUT2D eigenvalue weighted by Crippen LogP contribution is 2.14. The molecule has 1 aromatic carbocycles. The number of benzene rings is 1. The number of nitrogens with zero attached hydrogens (tertiary/aromatic N) is 6. The third kappa shape index (κ3) is 2.09. The molecule has 0 radical (unpaired) electrons. The van der Waals surface area contributed by atoms with Gasteiger partial charge in [0, 0.05) is 11.9 Å². The van der Waals surface area contributed by atoms with Crippen molar-refractivity contribution in [1.82, 2.24) is 29.4 Å². The third-order valence-electron chi connectivity index (χ3n) is 3.69. The number of hydrogen-bond donors (Lipinski definition) is 0. The van der Waals surface area contributed by atoms with E-state index >= 15 is 0 Å². The molecule has 7 heteroatoms. The van der Waals surface area contributed by atoms with Crippen molar-refractivity contribution in [1.29, 1.82) is 0 Å². The molecule has 114 valence electrons. The topological polar surface area (TPSA) is 78.0 Å². The molecule has 0 N–H and O–H groups in total. The second kappa shape index (κ2) is 4.70. The molecule has 0 spiro atoms. The van der Waals surface area contributed by atoms with Crippen LogP contribution in [0.15, 0.2) is 35.3 Å². The number of rotatable bonds is 1. The Morgan fingerprint density at radius 3 is 2.48 bits per heavy atom. The molecule has 0 aliphatic carbocycles. The SMILES string of the molecule is Cc1cc(C)cc(-n2ccc3c(nnc4nc(C)nn43)c2=O)c1. The quantitative estimate of drug-likeness (QED) is 0.535. The maximum absolute atomic E-state index is 12.8. The second-order valence-electron chi connectivity index (χ2n) is 5.64. The fourth-order valence-electron chi connectivity index (χ4n) is 2.80. The van der Waals surface area contributed by atoms with Crippen LogP contribution in [0.4, 0.5) is 0 Å². The largest absolute Gasteiger partial charge is 0.285 e. The average molecular weight is 306 g/mol. The van der Waals surface area contributed by atoms with Crippen molar-refractivity contribution in [2.24, 2.45) is 0 Å². The van der Waals surface area contributed by atoms with Crippen LogP contribution in [-0.4, -0.2) is 29.4 Å². The normalized spacial score (nSPS) is 11.4. The van der Waals surface area contributed by atoms with Crippen molar-refractivity contribution in [3.05, 3.63) is 57.8 Å². The minimum Gasteiger partial charge on any atom is -0.282 e. The first-order chi connectivity index (χ1) is 11.0. The van der Waals surface area contributed by atoms with E-state index < -0.39 is 0 Å². The number of aromatic nitrogens is 6. The Hall–Kier alpha value is -3.09. The maximum Gasteiger partial charge on any atom is 0.285 e. The van der Waals surface area contributed by atoms with Crippen molar-refractivity contribution < 1.29 is 0 Å². The van der Waals surface area contributed by atoms with Crippen molar-refractivity contribution in [3.63, 3.8) is 0 Å². The number of hydrogen-bond acceptors (Lipinski definition) is 5. The van der Waals surface area contributed by atoms with Gasteiger partial charge in [0.25, 0.3) is 11.3 Å². The van der Waals surface area contributed by atoms with E-state index in [1.165, 1.54) is 0 Å². The first-order valence-corrected chi connectivity index (χ1v) is 7.23. The minimum absolute atomic E-state index is 0.227. The molecular formula is C16H14N6O. The molecule has 0 amide bonds. The zero-order chi connectivity index (χ0) is 16.1. The van der Waals surface area contributed by atoms with E-state index in [-0.39, 0.29) is 11.1 Å². The van der Waals surface area contributed by atoms with Gasteiger partial charge in [-0.05, 0) is 50.1 Å². The van der Waals surface area contributed by atoms with Gasteiger partial charge in [-0.1, -0.05) is 6.07 Å². The van der Waals surface area contributed by atoms with Gasteiger partial charge >= 0.3 is 0 Å². The second-order valence-corrected chi connectivity index (χ2v) is 5.64. The summed E-state index contributed by atoms with van der Waals surface area (Å²) in [4.78, 5) is 17.0. The van der Waals surface area contributed by atoms with E-state index in [0.29, 0.717) is 17.1 Å². The monoisotopic (exact) mass is 306 g/mol. The van der Waals surface area contributed by atoms with E-state index in [0.717, 1.165) is 16.8 Å². The molecule has 23 heavy (non-hydrogen) atoms. The summed E-state index contributed by atoms with van der Waals surface area (Å²) < 4.78 is 3.12. The van der Waals surface area contributed by atoms with Crippen LogP contribution >= 0.6 is 0 Å². The van der Waals surface area contributed by atoms with Gasteiger partial charge in [0.15, 0.2) is 5.52 Å². The lowest BCUT2D eigenvalue weighted by molar-refractivity contribution is 0.904. The predicted octanol–water partition coefficient (Wildman–Crippen LogP) is 1.75. The van der Waals surface area contributed by atoms with Gasteiger partial charge in [-0.3, -0.25) is 9.36 Å². The van der Waals surface area contributed by atoms with E-state index in [1.807, 2.05) is 32.0 Å². The summed E-state index contributed by atoms with van der Waals surface area (Å²) in [6.07, 6.45) is 1.73. The van der Waals surface area contributed by atoms with Crippen LogP contribution in [0.3, 0.4) is 0 Å². The number of fused-ring (bicyclic) bond motifs is 3. The van der Waals surface area contributed by atoms with E-state index in [1.54, 1.807) is 22.2 Å². The Labute approximate surface area is 131 Å². The molecular weight excluding hydrogens is 292 g/mol. The molecule has 0 saturated carbocycles. The Kier molecular flexibility index (Phi) is 2.77. The first-order valence-electron chi connectivity index (χ1n) is 7.23. The maximum atomic E-state index is 12.8. The molecule has 7 nitrogen and oxygen atoms in total. The van der Waals surface area contributed by atoms with Crippen LogP contribution in [0.5, 0.6) is 0 Å². The number of aryl methyl sites for hydroxylation is 3. The van der Waals surface area contributed by atoms with Crippen LogP contribution in [0.2, 0.25) is 0 Å². The standard InChI is InChI=1S/C16H14N6O/c1-9-6-10(2)8-12(7-9)21-5-4-13-14(15(21)23)18-19-16-17-11(3)20-22(13)16/h4-8H,1-3H3. The zero-order valence-electron chi connectivity index (χ0n) is 13.0. The van der Waals surface area contributed by atoms with Crippen LogP contribution in [0.1, 0.15) is 17.0 Å². The van der Waals surface area contributed by atoms with Gasteiger partial charge in [-0.2, -0.15) is 9.50 Å². The Bertz CT molecular complexity index is 1100. The molecule has 0 unspecified atom stereocenters. The zero-order valence-corrected chi connectivity index (χ0v) is 13.0. The average Bonchev–Trinajstić information content (AvgIpc) is 2.87. The summed E-state index contributed by atoms with van der Waals surface area (Å²) in [5.41, 5.74) is 3.65. The molecule has 0 aliphatic rings. The van der Waals surface area contributed by atoms with Crippen molar-refractivity contribution in [2.45, 2.75) is 20.8 Å². The fourth-order valence-corrected chi connectivity index (χ4v) is 2.80. The lowest BCUT2D eigenvalue weighted by atomic mass is 10.1. The highest BCUT2D eigenvalue weighted by Gasteiger charge is 2.12. The van der Waals surface area contributed by atoms with Crippen LogP contribution in [-0.2, 0) is 0 Å². The van der Waals surface area contributed by atoms with E-state index in [9.17, 15) is 4.79 Å². The van der Waals surface area contributed by atoms with Gasteiger partial charge in [0.2, 0.25) is 0 Å². The van der Waals surface area contributed by atoms with Crippen molar-refractivity contribution in [3.8, 4) is 5.69 Å². The molecule has 3 aromatic heterocycles. The summed E-state index contributed by atoms with van der Waals surface area (Å²) in [5.74, 6) is 0.976. The lowest BCUT2D eigenvalue weighted by Crippen LogP contribution is -2.20. The molecule has 4 aromatic rings. The fraction of sp³-hybridized carbons (Fsp3) is 0.188. The first kappa shape index (κ1) is 13.6. The highest BCUT2D eigenvalue weighted by molar-refractivity contribution is 5.74. The van der Waals surface area contributed by atoms with Gasteiger partial charge < -0.3 is 0 Å². The molecule has 3 heterocycles. The summed E-state index contributed by atoms with van der Waals surface area (Å²) in [6.45, 7) is 5.78. The van der Waals surface area contributed by atoms with Crippen LogP contribution < -0.4 is 5.56 Å². The van der Waals surface area contributed by atoms with Crippen LogP contribution in [0, 0.1) is 20.8 Å². The molecule has 4 rings (SSSR count). The lowest BCUT2D eigenvalue weighted by Gasteiger charge is -2.09. The summed E-state index contributed by atoms with van der Waals surface area (Å²) in [7, 11) is 0. The van der Waals surface area contributed by atoms with E-state index in [4.69, 9.17) is 0 Å². The van der Waals surface area contributed by atoms with Gasteiger partial charge in [0.1, 0.15) is 11.3 Å². The smallest absolute Gasteiger partial charge is 0.282 e. The number of pyridine rings is 1. The third-order valence-corrected chi connectivity index (χ3v) is 3.69. The molecule has 0 bridgehead atoms. The molecule has 0 saturated heterocycles. The highest BCUT2D eigenvalue weighted by atomic mass is 16.1. The molecule has 0 aliphatic heterocycles. The van der Waals surface area contributed by atoms with Crippen molar-refractivity contribution in [2.75, 3.05) is 0 Å². The Balaban J connectivity index is 2.05. The molecule has 0 fully saturated rings. The Morgan fingerprint density at radius 2 is 1.74 bits per heavy atom. The minimum atomic E-state index is -0.227. The Morgan fingerprint density at radius 1 is 1.00 bits per heavy atom. The van der Waals surface area contributed by atoms with E-state index in [2.05, 4.69) is 26.3 Å². The van der Waals surface area contributed by atoms with Gasteiger partial charge in [-0.15, -0.1) is 15.3 Å². The summed E-state index contributed by atoms with van der Waals surface area (Å²) in [6, 6.07) is 7.80. The van der Waals surface area contributed by atoms with Crippen molar-refractivity contribution >= 4 is 16.8 Å². The molecule has 0 atom stereocenters. The van der Waals surface area contributed by atoms with Crippen LogP contribution in [0.25, 0.3) is 22.5 Å². The summed E-state index contributed by atoms with van der Waals surface area (Å²) >= 11 is 0.